The number of hydrogen-bond acceptors (Lipinski definition) is 3. The van der Waals surface area contributed by atoms with Crippen LogP contribution in [0.1, 0.15) is 36.4 Å². The minimum absolute atomic E-state index is 0.836. The summed E-state index contributed by atoms with van der Waals surface area (Å²) in [7, 11) is 0. The number of hydrogen-bond donors (Lipinski definition) is 0. The van der Waals surface area contributed by atoms with Crippen LogP contribution in [0.2, 0.25) is 0 Å². The van der Waals surface area contributed by atoms with Crippen molar-refractivity contribution in [1.82, 2.24) is 4.98 Å². The van der Waals surface area contributed by atoms with Crippen molar-refractivity contribution in [2.45, 2.75) is 27.7 Å². The maximum atomic E-state index is 4.77. The first-order valence-corrected chi connectivity index (χ1v) is 10.5. The highest BCUT2D eigenvalue weighted by molar-refractivity contribution is 9.11. The van der Waals surface area contributed by atoms with Crippen molar-refractivity contribution >= 4 is 54.7 Å². The van der Waals surface area contributed by atoms with Crippen molar-refractivity contribution < 1.29 is 0 Å². The summed E-state index contributed by atoms with van der Waals surface area (Å²) in [5, 5.41) is 0. The van der Waals surface area contributed by atoms with E-state index in [1.54, 1.807) is 0 Å². The van der Waals surface area contributed by atoms with Gasteiger partial charge in [0.1, 0.15) is 0 Å². The minimum atomic E-state index is 0.836. The summed E-state index contributed by atoms with van der Waals surface area (Å²) in [6.07, 6.45) is 0. The second kappa shape index (κ2) is 8.93. The Morgan fingerprint density at radius 2 is 1.14 bits per heavy atom. The van der Waals surface area contributed by atoms with Gasteiger partial charge >= 0.3 is 0 Å². The molecule has 2 aromatic carbocycles. The number of benzene rings is 2. The van der Waals surface area contributed by atoms with Crippen molar-refractivity contribution in [1.29, 1.82) is 0 Å². The predicted molar refractivity (Wildman–Crippen MR) is 126 cm³/mol. The lowest BCUT2D eigenvalue weighted by Crippen LogP contribution is -2.05. The van der Waals surface area contributed by atoms with Crippen molar-refractivity contribution in [3.05, 3.63) is 86.1 Å². The first-order valence-electron chi connectivity index (χ1n) is 8.94. The van der Waals surface area contributed by atoms with Gasteiger partial charge in [0.2, 0.25) is 0 Å². The molecule has 3 rings (SSSR count). The number of aliphatic imine (C=N–C) groups is 2. The molecule has 0 saturated carbocycles. The molecule has 0 spiro atoms. The smallest absolute Gasteiger partial charge is 0.0849 e. The van der Waals surface area contributed by atoms with Gasteiger partial charge in [-0.2, -0.15) is 0 Å². The van der Waals surface area contributed by atoms with Gasteiger partial charge < -0.3 is 0 Å². The van der Waals surface area contributed by atoms with Crippen LogP contribution in [-0.4, -0.2) is 16.4 Å². The fraction of sp³-hybridized carbons (Fsp3) is 0.174. The van der Waals surface area contributed by atoms with Gasteiger partial charge in [-0.15, -0.1) is 0 Å². The van der Waals surface area contributed by atoms with E-state index in [4.69, 9.17) is 15.0 Å². The van der Waals surface area contributed by atoms with Gasteiger partial charge in [-0.25, -0.2) is 4.98 Å². The van der Waals surface area contributed by atoms with E-state index in [1.807, 2.05) is 44.2 Å². The maximum Gasteiger partial charge on any atom is 0.0849 e. The lowest BCUT2D eigenvalue weighted by Gasteiger charge is -2.07. The van der Waals surface area contributed by atoms with Crippen LogP contribution in [0, 0.1) is 13.8 Å². The van der Waals surface area contributed by atoms with Gasteiger partial charge in [0.15, 0.2) is 0 Å². The van der Waals surface area contributed by atoms with Crippen LogP contribution < -0.4 is 0 Å². The second-order valence-electron chi connectivity index (χ2n) is 6.71. The Morgan fingerprint density at radius 1 is 0.714 bits per heavy atom. The van der Waals surface area contributed by atoms with E-state index in [0.717, 1.165) is 43.1 Å². The number of aromatic nitrogens is 1. The van der Waals surface area contributed by atoms with Crippen molar-refractivity contribution in [2.24, 2.45) is 9.98 Å². The molecule has 0 radical (unpaired) electrons. The molecule has 0 fully saturated rings. The lowest BCUT2D eigenvalue weighted by atomic mass is 10.2. The number of aryl methyl sites for hydroxylation is 2. The highest BCUT2D eigenvalue weighted by atomic mass is 79.9. The third-order valence-electron chi connectivity index (χ3n) is 4.27. The van der Waals surface area contributed by atoms with Crippen LogP contribution in [0.15, 0.2) is 73.5 Å². The number of pyridine rings is 1. The molecule has 142 valence electrons. The van der Waals surface area contributed by atoms with E-state index < -0.39 is 0 Å². The molecule has 1 aromatic heterocycles. The van der Waals surface area contributed by atoms with Crippen molar-refractivity contribution in [3.8, 4) is 0 Å². The molecule has 5 heteroatoms. The lowest BCUT2D eigenvalue weighted by molar-refractivity contribution is 1.24. The van der Waals surface area contributed by atoms with E-state index in [0.29, 0.717) is 0 Å². The Hall–Kier alpha value is -2.11. The molecule has 0 bridgehead atoms. The van der Waals surface area contributed by atoms with Gasteiger partial charge in [-0.1, -0.05) is 18.2 Å². The Morgan fingerprint density at radius 3 is 1.54 bits per heavy atom. The SMILES string of the molecule is CC(=Nc1ccc(C)cc1Br)c1cccc(C(C)=Nc2ccc(C)cc2Br)n1. The van der Waals surface area contributed by atoms with Crippen molar-refractivity contribution in [3.63, 3.8) is 0 Å². The molecule has 0 aliphatic heterocycles. The molecule has 0 unspecified atom stereocenters. The monoisotopic (exact) mass is 497 g/mol. The normalized spacial score (nSPS) is 12.4. The topological polar surface area (TPSA) is 37.6 Å². The zero-order chi connectivity index (χ0) is 20.3. The average molecular weight is 499 g/mol. The van der Waals surface area contributed by atoms with E-state index in [2.05, 4.69) is 70.0 Å². The molecule has 0 N–H and O–H groups in total. The Kier molecular flexibility index (Phi) is 6.57. The molecule has 0 aliphatic carbocycles. The molecular weight excluding hydrogens is 478 g/mol. The number of nitrogens with zero attached hydrogens (tertiary/aromatic N) is 3. The Bertz CT molecular complexity index is 1000. The molecule has 0 aliphatic rings. The van der Waals surface area contributed by atoms with E-state index in [-0.39, 0.29) is 0 Å². The van der Waals surface area contributed by atoms with Crippen LogP contribution in [0.25, 0.3) is 0 Å². The first kappa shape index (κ1) is 20.6. The molecule has 3 aromatic rings. The van der Waals surface area contributed by atoms with E-state index >= 15 is 0 Å². The summed E-state index contributed by atoms with van der Waals surface area (Å²) < 4.78 is 1.95. The third-order valence-corrected chi connectivity index (χ3v) is 5.54. The van der Waals surface area contributed by atoms with Gasteiger partial charge in [0, 0.05) is 8.95 Å². The van der Waals surface area contributed by atoms with Crippen LogP contribution in [-0.2, 0) is 0 Å². The predicted octanol–water partition coefficient (Wildman–Crippen LogP) is 7.50. The molecular formula is C23H21Br2N3. The van der Waals surface area contributed by atoms with Crippen LogP contribution in [0.3, 0.4) is 0 Å². The van der Waals surface area contributed by atoms with Gasteiger partial charge in [-0.3, -0.25) is 9.98 Å². The number of rotatable bonds is 4. The maximum absolute atomic E-state index is 4.77. The largest absolute Gasteiger partial charge is 0.250 e. The summed E-state index contributed by atoms with van der Waals surface area (Å²) in [6, 6.07) is 18.2. The summed E-state index contributed by atoms with van der Waals surface area (Å²) in [5.74, 6) is 0. The second-order valence-corrected chi connectivity index (χ2v) is 8.42. The summed E-state index contributed by atoms with van der Waals surface area (Å²) >= 11 is 7.17. The van der Waals surface area contributed by atoms with Gasteiger partial charge in [-0.05, 0) is 107 Å². The van der Waals surface area contributed by atoms with Gasteiger partial charge in [0.05, 0.1) is 34.2 Å². The molecule has 0 saturated heterocycles. The van der Waals surface area contributed by atoms with E-state index in [9.17, 15) is 0 Å². The summed E-state index contributed by atoms with van der Waals surface area (Å²) in [4.78, 5) is 14.2. The molecule has 0 atom stereocenters. The zero-order valence-electron chi connectivity index (χ0n) is 16.3. The summed E-state index contributed by atoms with van der Waals surface area (Å²) in [5.41, 5.74) is 7.56. The first-order chi connectivity index (χ1) is 13.3. The molecule has 1 heterocycles. The third kappa shape index (κ3) is 5.03. The number of halogens is 2. The molecule has 0 amide bonds. The van der Waals surface area contributed by atoms with E-state index in [1.165, 1.54) is 11.1 Å². The van der Waals surface area contributed by atoms with Crippen LogP contribution >= 0.6 is 31.9 Å². The minimum Gasteiger partial charge on any atom is -0.250 e. The van der Waals surface area contributed by atoms with Crippen LogP contribution in [0.5, 0.6) is 0 Å². The fourth-order valence-corrected chi connectivity index (χ4v) is 3.88. The Labute approximate surface area is 182 Å². The highest BCUT2D eigenvalue weighted by Crippen LogP contribution is 2.28. The molecule has 3 nitrogen and oxygen atoms in total. The quantitative estimate of drug-likeness (QED) is 0.343. The zero-order valence-corrected chi connectivity index (χ0v) is 19.5. The fourth-order valence-electron chi connectivity index (χ4n) is 2.72. The van der Waals surface area contributed by atoms with Crippen LogP contribution in [0.4, 0.5) is 11.4 Å². The molecule has 28 heavy (non-hydrogen) atoms. The average Bonchev–Trinajstić information content (AvgIpc) is 2.66. The van der Waals surface area contributed by atoms with Gasteiger partial charge in [0.25, 0.3) is 0 Å². The standard InChI is InChI=1S/C23H21Br2N3/c1-14-8-10-22(18(24)12-14)26-16(3)20-6-5-7-21(28-20)17(4)27-23-11-9-15(2)13-19(23)25/h5-13H,1-4H3. The Balaban J connectivity index is 1.93. The highest BCUT2D eigenvalue weighted by Gasteiger charge is 2.07. The van der Waals surface area contributed by atoms with Crippen molar-refractivity contribution in [2.75, 3.05) is 0 Å². The summed E-state index contributed by atoms with van der Waals surface area (Å²) in [6.45, 7) is 8.07.